The Labute approximate surface area is 119 Å². The summed E-state index contributed by atoms with van der Waals surface area (Å²) < 4.78 is 5.75. The molecule has 0 radical (unpaired) electrons. The minimum absolute atomic E-state index is 0.0575. The molecule has 2 aliphatic rings. The standard InChI is InChI=1S/C16H22N2O2/c17-15(12-4-2-1-3-5-12)8-9-16(19)18-10-13-6-7-14(11-18)20-13/h1-5,13-15H,6-11,17H2. The Morgan fingerprint density at radius 2 is 1.90 bits per heavy atom. The number of benzene rings is 1. The molecule has 2 saturated heterocycles. The predicted molar refractivity (Wildman–Crippen MR) is 77.1 cm³/mol. The molecule has 108 valence electrons. The maximum Gasteiger partial charge on any atom is 0.222 e. The number of likely N-dealkylation sites (tertiary alicyclic amines) is 1. The molecule has 0 aliphatic carbocycles. The van der Waals surface area contributed by atoms with E-state index in [4.69, 9.17) is 10.5 Å². The Bertz CT molecular complexity index is 451. The van der Waals surface area contributed by atoms with Crippen LogP contribution in [0, 0.1) is 0 Å². The number of ether oxygens (including phenoxy) is 1. The van der Waals surface area contributed by atoms with Crippen LogP contribution in [0.25, 0.3) is 0 Å². The second kappa shape index (κ2) is 5.94. The van der Waals surface area contributed by atoms with E-state index in [0.29, 0.717) is 12.8 Å². The molecule has 2 heterocycles. The van der Waals surface area contributed by atoms with Crippen LogP contribution < -0.4 is 5.73 Å². The Kier molecular flexibility index (Phi) is 4.03. The molecule has 1 aromatic carbocycles. The van der Waals surface area contributed by atoms with Gasteiger partial charge in [-0.25, -0.2) is 0 Å². The molecule has 2 N–H and O–H groups in total. The fraction of sp³-hybridized carbons (Fsp3) is 0.562. The van der Waals surface area contributed by atoms with Crippen molar-refractivity contribution in [3.05, 3.63) is 35.9 Å². The van der Waals surface area contributed by atoms with Crippen LogP contribution in [0.2, 0.25) is 0 Å². The molecule has 0 saturated carbocycles. The first-order valence-corrected chi connectivity index (χ1v) is 7.46. The van der Waals surface area contributed by atoms with Crippen LogP contribution in [0.3, 0.4) is 0 Å². The second-order valence-electron chi connectivity index (χ2n) is 5.81. The fourth-order valence-electron chi connectivity index (χ4n) is 3.12. The molecule has 2 fully saturated rings. The third kappa shape index (κ3) is 3.02. The number of rotatable bonds is 4. The number of morpholine rings is 1. The molecule has 3 atom stereocenters. The first kappa shape index (κ1) is 13.6. The van der Waals surface area contributed by atoms with Crippen LogP contribution in [0.5, 0.6) is 0 Å². The van der Waals surface area contributed by atoms with E-state index in [1.807, 2.05) is 35.2 Å². The van der Waals surface area contributed by atoms with E-state index in [2.05, 4.69) is 0 Å². The third-order valence-corrected chi connectivity index (χ3v) is 4.29. The number of nitrogens with two attached hydrogens (primary N) is 1. The molecular formula is C16H22N2O2. The lowest BCUT2D eigenvalue weighted by Crippen LogP contribution is -2.45. The van der Waals surface area contributed by atoms with E-state index < -0.39 is 0 Å². The quantitative estimate of drug-likeness (QED) is 0.911. The van der Waals surface area contributed by atoms with Crippen molar-refractivity contribution in [1.29, 1.82) is 0 Å². The molecule has 4 heteroatoms. The minimum Gasteiger partial charge on any atom is -0.371 e. The van der Waals surface area contributed by atoms with Crippen molar-refractivity contribution < 1.29 is 9.53 Å². The summed E-state index contributed by atoms with van der Waals surface area (Å²) in [6.07, 6.45) is 3.95. The fourth-order valence-corrected chi connectivity index (χ4v) is 3.12. The van der Waals surface area contributed by atoms with E-state index in [1.54, 1.807) is 0 Å². The second-order valence-corrected chi connectivity index (χ2v) is 5.81. The number of amides is 1. The van der Waals surface area contributed by atoms with Crippen LogP contribution in [0.15, 0.2) is 30.3 Å². The van der Waals surface area contributed by atoms with Crippen molar-refractivity contribution >= 4 is 5.91 Å². The summed E-state index contributed by atoms with van der Waals surface area (Å²) in [4.78, 5) is 14.2. The molecule has 2 bridgehead atoms. The number of carbonyl (C=O) groups is 1. The van der Waals surface area contributed by atoms with E-state index in [0.717, 1.165) is 31.5 Å². The summed E-state index contributed by atoms with van der Waals surface area (Å²) in [5.41, 5.74) is 7.24. The number of nitrogens with zero attached hydrogens (tertiary/aromatic N) is 1. The van der Waals surface area contributed by atoms with Crippen molar-refractivity contribution in [2.45, 2.75) is 43.9 Å². The molecule has 20 heavy (non-hydrogen) atoms. The van der Waals surface area contributed by atoms with Crippen molar-refractivity contribution in [2.75, 3.05) is 13.1 Å². The molecule has 1 amide bonds. The number of fused-ring (bicyclic) bond motifs is 2. The van der Waals surface area contributed by atoms with Crippen molar-refractivity contribution in [3.8, 4) is 0 Å². The van der Waals surface area contributed by atoms with Crippen molar-refractivity contribution in [3.63, 3.8) is 0 Å². The monoisotopic (exact) mass is 274 g/mol. The van der Waals surface area contributed by atoms with E-state index in [-0.39, 0.29) is 24.2 Å². The SMILES string of the molecule is NC(CCC(=O)N1CC2CCC(C1)O2)c1ccccc1. The smallest absolute Gasteiger partial charge is 0.222 e. The van der Waals surface area contributed by atoms with Crippen molar-refractivity contribution in [2.24, 2.45) is 5.73 Å². The van der Waals surface area contributed by atoms with E-state index in [9.17, 15) is 4.79 Å². The average Bonchev–Trinajstić information content (AvgIpc) is 2.83. The maximum absolute atomic E-state index is 12.3. The van der Waals surface area contributed by atoms with Crippen molar-refractivity contribution in [1.82, 2.24) is 4.90 Å². The molecule has 3 rings (SSSR count). The first-order valence-electron chi connectivity index (χ1n) is 7.46. The summed E-state index contributed by atoms with van der Waals surface area (Å²) >= 11 is 0. The van der Waals surface area contributed by atoms with Gasteiger partial charge in [-0.3, -0.25) is 4.79 Å². The molecule has 0 spiro atoms. The van der Waals surface area contributed by atoms with E-state index >= 15 is 0 Å². The highest BCUT2D eigenvalue weighted by Crippen LogP contribution is 2.27. The van der Waals surface area contributed by atoms with Crippen LogP contribution in [0.1, 0.15) is 37.3 Å². The van der Waals surface area contributed by atoms with Gasteiger partial charge in [-0.1, -0.05) is 30.3 Å². The Morgan fingerprint density at radius 3 is 2.55 bits per heavy atom. The lowest BCUT2D eigenvalue weighted by molar-refractivity contribution is -0.140. The summed E-state index contributed by atoms with van der Waals surface area (Å²) in [7, 11) is 0. The molecule has 1 aromatic rings. The zero-order valence-electron chi connectivity index (χ0n) is 11.7. The van der Waals surface area contributed by atoms with Gasteiger partial charge >= 0.3 is 0 Å². The van der Waals surface area contributed by atoms with Gasteiger partial charge in [0.2, 0.25) is 5.91 Å². The van der Waals surface area contributed by atoms with Crippen LogP contribution in [-0.4, -0.2) is 36.1 Å². The zero-order chi connectivity index (χ0) is 13.9. The molecule has 3 unspecified atom stereocenters. The largest absolute Gasteiger partial charge is 0.371 e. The summed E-state index contributed by atoms with van der Waals surface area (Å²) in [6, 6.07) is 9.92. The molecular weight excluding hydrogens is 252 g/mol. The topological polar surface area (TPSA) is 55.6 Å². The Hall–Kier alpha value is -1.39. The highest BCUT2D eigenvalue weighted by molar-refractivity contribution is 5.76. The minimum atomic E-state index is -0.0575. The number of hydrogen-bond acceptors (Lipinski definition) is 3. The van der Waals surface area contributed by atoms with E-state index in [1.165, 1.54) is 0 Å². The Balaban J connectivity index is 1.50. The number of carbonyl (C=O) groups excluding carboxylic acids is 1. The van der Waals surface area contributed by atoms with Crippen LogP contribution in [-0.2, 0) is 9.53 Å². The highest BCUT2D eigenvalue weighted by atomic mass is 16.5. The van der Waals surface area contributed by atoms with Gasteiger partial charge in [0.15, 0.2) is 0 Å². The predicted octanol–water partition coefficient (Wildman–Crippen LogP) is 1.86. The lowest BCUT2D eigenvalue weighted by atomic mass is 10.0. The van der Waals surface area contributed by atoms with Gasteiger partial charge in [0.05, 0.1) is 12.2 Å². The first-order chi connectivity index (χ1) is 9.72. The van der Waals surface area contributed by atoms with Crippen LogP contribution in [0.4, 0.5) is 0 Å². The highest BCUT2D eigenvalue weighted by Gasteiger charge is 2.35. The van der Waals surface area contributed by atoms with Gasteiger partial charge < -0.3 is 15.4 Å². The normalized spacial score (nSPS) is 26.6. The molecule has 4 nitrogen and oxygen atoms in total. The third-order valence-electron chi connectivity index (χ3n) is 4.29. The zero-order valence-corrected chi connectivity index (χ0v) is 11.7. The summed E-state index contributed by atoms with van der Waals surface area (Å²) in [5.74, 6) is 0.219. The lowest BCUT2D eigenvalue weighted by Gasteiger charge is -2.32. The summed E-state index contributed by atoms with van der Waals surface area (Å²) in [6.45, 7) is 1.52. The van der Waals surface area contributed by atoms with Gasteiger partial charge in [-0.05, 0) is 24.8 Å². The van der Waals surface area contributed by atoms with Gasteiger partial charge in [0.25, 0.3) is 0 Å². The maximum atomic E-state index is 12.3. The van der Waals surface area contributed by atoms with Crippen LogP contribution >= 0.6 is 0 Å². The van der Waals surface area contributed by atoms with Gasteiger partial charge in [-0.2, -0.15) is 0 Å². The number of hydrogen-bond donors (Lipinski definition) is 1. The van der Waals surface area contributed by atoms with Gasteiger partial charge in [0, 0.05) is 25.6 Å². The van der Waals surface area contributed by atoms with Gasteiger partial charge in [-0.15, -0.1) is 0 Å². The average molecular weight is 274 g/mol. The molecule has 0 aromatic heterocycles. The Morgan fingerprint density at radius 1 is 1.25 bits per heavy atom. The molecule has 2 aliphatic heterocycles. The van der Waals surface area contributed by atoms with Gasteiger partial charge in [0.1, 0.15) is 0 Å². The summed E-state index contributed by atoms with van der Waals surface area (Å²) in [5, 5.41) is 0.